The number of esters is 1. The number of ether oxygens (including phenoxy) is 2. The first kappa shape index (κ1) is 18.8. The normalized spacial score (nSPS) is 14.6. The maximum atomic E-state index is 12.7. The highest BCUT2D eigenvalue weighted by molar-refractivity contribution is 6.07. The van der Waals surface area contributed by atoms with Gasteiger partial charge in [-0.3, -0.25) is 4.79 Å². The lowest BCUT2D eigenvalue weighted by Crippen LogP contribution is -2.30. The first-order valence-corrected chi connectivity index (χ1v) is 8.75. The van der Waals surface area contributed by atoms with E-state index in [2.05, 4.69) is 20.9 Å². The molecule has 0 aliphatic carbocycles. The zero-order valence-corrected chi connectivity index (χ0v) is 15.6. The van der Waals surface area contributed by atoms with Crippen LogP contribution in [-0.4, -0.2) is 54.2 Å². The van der Waals surface area contributed by atoms with Crippen molar-refractivity contribution in [3.8, 4) is 5.75 Å². The van der Waals surface area contributed by atoms with Gasteiger partial charge < -0.3 is 20.1 Å². The third-order valence-corrected chi connectivity index (χ3v) is 4.68. The molecule has 2 N–H and O–H groups in total. The van der Waals surface area contributed by atoms with Crippen LogP contribution in [0, 0.1) is 6.92 Å². The molecule has 0 spiro atoms. The predicted octanol–water partition coefficient (Wildman–Crippen LogP) is 1.56. The lowest BCUT2D eigenvalue weighted by atomic mass is 10.1. The fraction of sp³-hybridized carbons (Fsp3) is 0.444. The molecule has 27 heavy (non-hydrogen) atoms. The first-order valence-electron chi connectivity index (χ1n) is 8.75. The molecule has 2 aromatic rings. The molecule has 2 heterocycles. The highest BCUT2D eigenvalue weighted by atomic mass is 16.5. The summed E-state index contributed by atoms with van der Waals surface area (Å²) in [6, 6.07) is 4.99. The Hall–Kier alpha value is -2.94. The van der Waals surface area contributed by atoms with Gasteiger partial charge in [-0.15, -0.1) is 5.10 Å². The van der Waals surface area contributed by atoms with E-state index in [4.69, 9.17) is 9.47 Å². The molecule has 0 atom stereocenters. The van der Waals surface area contributed by atoms with Crippen molar-refractivity contribution in [3.05, 3.63) is 35.2 Å². The van der Waals surface area contributed by atoms with Gasteiger partial charge in [-0.25, -0.2) is 9.48 Å². The van der Waals surface area contributed by atoms with Gasteiger partial charge in [0.1, 0.15) is 5.75 Å². The van der Waals surface area contributed by atoms with Crippen molar-refractivity contribution in [2.24, 2.45) is 0 Å². The summed E-state index contributed by atoms with van der Waals surface area (Å²) >= 11 is 0. The van der Waals surface area contributed by atoms with Gasteiger partial charge in [-0.05, 0) is 51.1 Å². The second-order valence-corrected chi connectivity index (χ2v) is 6.31. The molecule has 0 unspecified atom stereocenters. The minimum absolute atomic E-state index is 0.202. The molecule has 0 bridgehead atoms. The van der Waals surface area contributed by atoms with Gasteiger partial charge >= 0.3 is 5.97 Å². The third-order valence-electron chi connectivity index (χ3n) is 4.68. The zero-order valence-electron chi connectivity index (χ0n) is 15.6. The van der Waals surface area contributed by atoms with Gasteiger partial charge in [0.05, 0.1) is 37.2 Å². The maximum absolute atomic E-state index is 12.7. The number of aromatic nitrogens is 3. The van der Waals surface area contributed by atoms with Crippen molar-refractivity contribution < 1.29 is 19.1 Å². The number of methoxy groups -OCH3 is 2. The van der Waals surface area contributed by atoms with Crippen LogP contribution in [0.1, 0.15) is 45.4 Å². The van der Waals surface area contributed by atoms with Crippen LogP contribution in [-0.2, 0) is 4.74 Å². The van der Waals surface area contributed by atoms with Crippen molar-refractivity contribution in [2.75, 3.05) is 32.6 Å². The average Bonchev–Trinajstić information content (AvgIpc) is 3.09. The molecule has 3 rings (SSSR count). The van der Waals surface area contributed by atoms with Crippen LogP contribution in [0.4, 0.5) is 5.69 Å². The number of hydrogen-bond donors (Lipinski definition) is 2. The highest BCUT2D eigenvalue weighted by Crippen LogP contribution is 2.24. The number of nitrogens with zero attached hydrogens (tertiary/aromatic N) is 3. The number of carbonyl (C=O) groups excluding carboxylic acids is 2. The van der Waals surface area contributed by atoms with Gasteiger partial charge in [0, 0.05) is 0 Å². The minimum Gasteiger partial charge on any atom is -0.497 e. The molecule has 1 amide bonds. The van der Waals surface area contributed by atoms with E-state index in [0.29, 0.717) is 17.1 Å². The Bertz CT molecular complexity index is 842. The van der Waals surface area contributed by atoms with Gasteiger partial charge in [0.2, 0.25) is 0 Å². The SMILES string of the molecule is COC(=O)c1cc(OC)ccc1NC(=O)c1nnn(C2CCNCC2)c1C. The number of benzene rings is 1. The lowest BCUT2D eigenvalue weighted by molar-refractivity contribution is 0.0601. The fourth-order valence-corrected chi connectivity index (χ4v) is 3.17. The molecule has 1 saturated heterocycles. The second kappa shape index (κ2) is 8.17. The molecule has 1 aromatic heterocycles. The monoisotopic (exact) mass is 373 g/mol. The van der Waals surface area contributed by atoms with Crippen LogP contribution < -0.4 is 15.4 Å². The van der Waals surface area contributed by atoms with Crippen LogP contribution >= 0.6 is 0 Å². The standard InChI is InChI=1S/C18H23N5O4/c1-11-16(21-22-23(11)12-6-8-19-9-7-12)17(24)20-15-5-4-13(26-2)10-14(15)18(25)27-3/h4-5,10,12,19H,6-9H2,1-3H3,(H,20,24). The predicted molar refractivity (Wildman–Crippen MR) is 98.2 cm³/mol. The third kappa shape index (κ3) is 3.92. The molecule has 144 valence electrons. The summed E-state index contributed by atoms with van der Waals surface area (Å²) in [5.74, 6) is -0.510. The molecule has 1 aromatic carbocycles. The summed E-state index contributed by atoms with van der Waals surface area (Å²) < 4.78 is 11.7. The van der Waals surface area contributed by atoms with Gasteiger partial charge in [0.25, 0.3) is 5.91 Å². The Kier molecular flexibility index (Phi) is 5.70. The number of piperidine rings is 1. The minimum atomic E-state index is -0.570. The summed E-state index contributed by atoms with van der Waals surface area (Å²) in [6.07, 6.45) is 1.88. The number of carbonyl (C=O) groups is 2. The Morgan fingerprint density at radius 2 is 2.00 bits per heavy atom. The topological polar surface area (TPSA) is 107 Å². The zero-order chi connectivity index (χ0) is 19.4. The maximum Gasteiger partial charge on any atom is 0.340 e. The molecular formula is C18H23N5O4. The second-order valence-electron chi connectivity index (χ2n) is 6.31. The summed E-state index contributed by atoms with van der Waals surface area (Å²) in [4.78, 5) is 24.8. The van der Waals surface area contributed by atoms with Crippen LogP contribution in [0.5, 0.6) is 5.75 Å². The number of rotatable bonds is 5. The summed E-state index contributed by atoms with van der Waals surface area (Å²) in [6.45, 7) is 3.66. The van der Waals surface area contributed by atoms with Crippen LogP contribution in [0.3, 0.4) is 0 Å². The molecule has 1 aliphatic heterocycles. The molecule has 1 aliphatic rings. The molecular weight excluding hydrogens is 350 g/mol. The van der Waals surface area contributed by atoms with Crippen LogP contribution in [0.2, 0.25) is 0 Å². The summed E-state index contributed by atoms with van der Waals surface area (Å²) in [7, 11) is 2.78. The molecule has 0 radical (unpaired) electrons. The Morgan fingerprint density at radius 3 is 2.67 bits per heavy atom. The van der Waals surface area contributed by atoms with E-state index in [9.17, 15) is 9.59 Å². The van der Waals surface area contributed by atoms with E-state index in [-0.39, 0.29) is 17.3 Å². The average molecular weight is 373 g/mol. The molecule has 9 heteroatoms. The quantitative estimate of drug-likeness (QED) is 0.766. The van der Waals surface area contributed by atoms with E-state index >= 15 is 0 Å². The molecule has 0 saturated carbocycles. The van der Waals surface area contributed by atoms with Gasteiger partial charge in [-0.2, -0.15) is 0 Å². The first-order chi connectivity index (χ1) is 13.0. The number of amides is 1. The smallest absolute Gasteiger partial charge is 0.340 e. The largest absolute Gasteiger partial charge is 0.497 e. The number of nitrogens with one attached hydrogen (secondary N) is 2. The van der Waals surface area contributed by atoms with Crippen LogP contribution in [0.15, 0.2) is 18.2 Å². The highest BCUT2D eigenvalue weighted by Gasteiger charge is 2.24. The Labute approximate surface area is 157 Å². The van der Waals surface area contributed by atoms with E-state index < -0.39 is 11.9 Å². The fourth-order valence-electron chi connectivity index (χ4n) is 3.17. The van der Waals surface area contributed by atoms with E-state index in [1.807, 2.05) is 11.6 Å². The molecule has 9 nitrogen and oxygen atoms in total. The Morgan fingerprint density at radius 1 is 1.26 bits per heavy atom. The van der Waals surface area contributed by atoms with Crippen molar-refractivity contribution >= 4 is 17.6 Å². The van der Waals surface area contributed by atoms with E-state index in [0.717, 1.165) is 25.9 Å². The van der Waals surface area contributed by atoms with E-state index in [1.54, 1.807) is 12.1 Å². The van der Waals surface area contributed by atoms with Crippen molar-refractivity contribution in [3.63, 3.8) is 0 Å². The van der Waals surface area contributed by atoms with Crippen LogP contribution in [0.25, 0.3) is 0 Å². The number of anilines is 1. The van der Waals surface area contributed by atoms with Crippen molar-refractivity contribution in [1.29, 1.82) is 0 Å². The van der Waals surface area contributed by atoms with Crippen molar-refractivity contribution in [2.45, 2.75) is 25.8 Å². The van der Waals surface area contributed by atoms with E-state index in [1.165, 1.54) is 20.3 Å². The Balaban J connectivity index is 1.83. The van der Waals surface area contributed by atoms with Gasteiger partial charge in [-0.1, -0.05) is 5.21 Å². The number of hydrogen-bond acceptors (Lipinski definition) is 7. The van der Waals surface area contributed by atoms with Crippen molar-refractivity contribution in [1.82, 2.24) is 20.3 Å². The summed E-state index contributed by atoms with van der Waals surface area (Å²) in [5, 5.41) is 14.3. The molecule has 1 fully saturated rings. The van der Waals surface area contributed by atoms with Gasteiger partial charge in [0.15, 0.2) is 5.69 Å². The summed E-state index contributed by atoms with van der Waals surface area (Å²) in [5.41, 5.74) is 1.46. The lowest BCUT2D eigenvalue weighted by Gasteiger charge is -2.23.